The lowest BCUT2D eigenvalue weighted by Gasteiger charge is -2.42. The molecule has 4 nitrogen and oxygen atoms in total. The second-order valence-corrected chi connectivity index (χ2v) is 4.27. The molecule has 14 heavy (non-hydrogen) atoms. The maximum Gasteiger partial charge on any atom is 0.242 e. The van der Waals surface area contributed by atoms with Crippen LogP contribution < -0.4 is 5.32 Å². The Balaban J connectivity index is 2.75. The molecule has 1 aliphatic heterocycles. The van der Waals surface area contributed by atoms with Crippen molar-refractivity contribution in [3.63, 3.8) is 0 Å². The first-order valence-corrected chi connectivity index (χ1v) is 4.78. The summed E-state index contributed by atoms with van der Waals surface area (Å²) < 4.78 is 0. The molecule has 80 valence electrons. The van der Waals surface area contributed by atoms with E-state index in [1.807, 2.05) is 13.8 Å². The predicted molar refractivity (Wildman–Crippen MR) is 54.9 cm³/mol. The number of aliphatic hydroxyl groups excluding tert-OH is 1. The van der Waals surface area contributed by atoms with E-state index in [0.717, 1.165) is 0 Å². The van der Waals surface area contributed by atoms with Gasteiger partial charge in [-0.2, -0.15) is 0 Å². The number of piperazine rings is 1. The molecule has 1 amide bonds. The summed E-state index contributed by atoms with van der Waals surface area (Å²) in [6.45, 7) is 8.67. The number of hydrogen-bond donors (Lipinski definition) is 2. The molecule has 0 aromatic rings. The van der Waals surface area contributed by atoms with Gasteiger partial charge in [-0.15, -0.1) is 6.58 Å². The largest absolute Gasteiger partial charge is 0.394 e. The molecule has 1 fully saturated rings. The number of rotatable bonds is 3. The standard InChI is InChI=1S/C10H18N2O2/c1-4-5-12-7-10(2,3)11-8(6-13)9(12)14/h4,8,11,13H,1,5-7H2,2-3H3. The first-order valence-electron chi connectivity index (χ1n) is 4.78. The minimum atomic E-state index is -0.473. The van der Waals surface area contributed by atoms with Crippen LogP contribution in [0.25, 0.3) is 0 Å². The highest BCUT2D eigenvalue weighted by Crippen LogP contribution is 2.14. The van der Waals surface area contributed by atoms with Gasteiger partial charge in [-0.3, -0.25) is 10.1 Å². The van der Waals surface area contributed by atoms with Gasteiger partial charge in [-0.25, -0.2) is 0 Å². The highest BCUT2D eigenvalue weighted by Gasteiger charge is 2.36. The quantitative estimate of drug-likeness (QED) is 0.615. The Morgan fingerprint density at radius 2 is 2.43 bits per heavy atom. The number of amides is 1. The molecule has 1 aliphatic rings. The molecule has 0 saturated carbocycles. The molecule has 1 saturated heterocycles. The summed E-state index contributed by atoms with van der Waals surface area (Å²) in [5, 5.41) is 12.1. The van der Waals surface area contributed by atoms with Crippen molar-refractivity contribution in [3.8, 4) is 0 Å². The fourth-order valence-electron chi connectivity index (χ4n) is 1.79. The van der Waals surface area contributed by atoms with E-state index < -0.39 is 6.04 Å². The normalized spacial score (nSPS) is 26.4. The Kier molecular flexibility index (Phi) is 3.29. The van der Waals surface area contributed by atoms with E-state index in [9.17, 15) is 4.79 Å². The molecule has 0 aromatic heterocycles. The van der Waals surface area contributed by atoms with Gasteiger partial charge < -0.3 is 10.0 Å². The van der Waals surface area contributed by atoms with E-state index in [1.165, 1.54) is 0 Å². The summed E-state index contributed by atoms with van der Waals surface area (Å²) in [6, 6.07) is -0.473. The monoisotopic (exact) mass is 198 g/mol. The summed E-state index contributed by atoms with van der Waals surface area (Å²) in [5.41, 5.74) is -0.148. The number of aliphatic hydroxyl groups is 1. The molecule has 4 heteroatoms. The molecule has 1 heterocycles. The molecular formula is C10H18N2O2. The van der Waals surface area contributed by atoms with Crippen LogP contribution in [0.2, 0.25) is 0 Å². The van der Waals surface area contributed by atoms with Gasteiger partial charge in [0.25, 0.3) is 0 Å². The zero-order chi connectivity index (χ0) is 10.8. The predicted octanol–water partition coefficient (Wildman–Crippen LogP) is -0.256. The van der Waals surface area contributed by atoms with E-state index in [0.29, 0.717) is 13.1 Å². The van der Waals surface area contributed by atoms with Crippen LogP contribution in [0.1, 0.15) is 13.8 Å². The lowest BCUT2D eigenvalue weighted by atomic mass is 9.98. The van der Waals surface area contributed by atoms with Crippen LogP contribution in [0.3, 0.4) is 0 Å². The molecule has 1 unspecified atom stereocenters. The molecule has 0 aliphatic carbocycles. The summed E-state index contributed by atoms with van der Waals surface area (Å²) in [5.74, 6) is -0.0493. The lowest BCUT2D eigenvalue weighted by Crippen LogP contribution is -2.65. The van der Waals surface area contributed by atoms with Crippen molar-refractivity contribution in [2.24, 2.45) is 0 Å². The topological polar surface area (TPSA) is 52.6 Å². The molecule has 1 rings (SSSR count). The van der Waals surface area contributed by atoms with Crippen molar-refractivity contribution >= 4 is 5.91 Å². The van der Waals surface area contributed by atoms with Gasteiger partial charge in [-0.05, 0) is 13.8 Å². The van der Waals surface area contributed by atoms with Crippen LogP contribution in [0, 0.1) is 0 Å². The van der Waals surface area contributed by atoms with Crippen molar-refractivity contribution in [3.05, 3.63) is 12.7 Å². The Labute approximate surface area is 84.6 Å². The first kappa shape index (κ1) is 11.2. The minimum Gasteiger partial charge on any atom is -0.394 e. The number of nitrogens with zero attached hydrogens (tertiary/aromatic N) is 1. The number of carbonyl (C=O) groups is 1. The van der Waals surface area contributed by atoms with Crippen LogP contribution in [0.4, 0.5) is 0 Å². The first-order chi connectivity index (χ1) is 6.50. The van der Waals surface area contributed by atoms with E-state index >= 15 is 0 Å². The summed E-state index contributed by atoms with van der Waals surface area (Å²) in [7, 11) is 0. The van der Waals surface area contributed by atoms with Crippen molar-refractivity contribution in [2.45, 2.75) is 25.4 Å². The van der Waals surface area contributed by atoms with Crippen LogP contribution in [-0.4, -0.2) is 47.2 Å². The third-order valence-electron chi connectivity index (χ3n) is 2.29. The average Bonchev–Trinajstić information content (AvgIpc) is 2.11. The van der Waals surface area contributed by atoms with Gasteiger partial charge in [0.2, 0.25) is 5.91 Å². The molecule has 0 bridgehead atoms. The molecule has 0 radical (unpaired) electrons. The third-order valence-corrected chi connectivity index (χ3v) is 2.29. The van der Waals surface area contributed by atoms with Crippen molar-refractivity contribution in [2.75, 3.05) is 19.7 Å². The second kappa shape index (κ2) is 4.11. The van der Waals surface area contributed by atoms with Gasteiger partial charge >= 0.3 is 0 Å². The summed E-state index contributed by atoms with van der Waals surface area (Å²) in [4.78, 5) is 13.4. The average molecular weight is 198 g/mol. The van der Waals surface area contributed by atoms with Gasteiger partial charge in [0.05, 0.1) is 6.61 Å². The number of nitrogens with one attached hydrogen (secondary N) is 1. The maximum atomic E-state index is 11.7. The fourth-order valence-corrected chi connectivity index (χ4v) is 1.79. The van der Waals surface area contributed by atoms with Gasteiger partial charge in [0.15, 0.2) is 0 Å². The van der Waals surface area contributed by atoms with Gasteiger partial charge in [-0.1, -0.05) is 6.08 Å². The highest BCUT2D eigenvalue weighted by atomic mass is 16.3. The van der Waals surface area contributed by atoms with Gasteiger partial charge in [0, 0.05) is 18.6 Å². The molecular weight excluding hydrogens is 180 g/mol. The van der Waals surface area contributed by atoms with E-state index in [1.54, 1.807) is 11.0 Å². The molecule has 2 N–H and O–H groups in total. The third kappa shape index (κ3) is 2.33. The fraction of sp³-hybridized carbons (Fsp3) is 0.700. The van der Waals surface area contributed by atoms with Gasteiger partial charge in [0.1, 0.15) is 6.04 Å². The summed E-state index contributed by atoms with van der Waals surface area (Å²) >= 11 is 0. The molecule has 0 aromatic carbocycles. The Morgan fingerprint density at radius 1 is 1.79 bits per heavy atom. The van der Waals surface area contributed by atoms with E-state index in [2.05, 4.69) is 11.9 Å². The van der Waals surface area contributed by atoms with Crippen LogP contribution >= 0.6 is 0 Å². The van der Waals surface area contributed by atoms with Crippen LogP contribution in [0.5, 0.6) is 0 Å². The Morgan fingerprint density at radius 3 is 2.93 bits per heavy atom. The van der Waals surface area contributed by atoms with Crippen molar-refractivity contribution < 1.29 is 9.90 Å². The van der Waals surface area contributed by atoms with E-state index in [4.69, 9.17) is 5.11 Å². The smallest absolute Gasteiger partial charge is 0.242 e. The Bertz CT molecular complexity index is 238. The Hall–Kier alpha value is -0.870. The molecule has 1 atom stereocenters. The lowest BCUT2D eigenvalue weighted by molar-refractivity contribution is -0.139. The van der Waals surface area contributed by atoms with Crippen molar-refractivity contribution in [1.29, 1.82) is 0 Å². The zero-order valence-electron chi connectivity index (χ0n) is 8.79. The number of carbonyl (C=O) groups excluding carboxylic acids is 1. The maximum absolute atomic E-state index is 11.7. The number of hydrogen-bond acceptors (Lipinski definition) is 3. The zero-order valence-corrected chi connectivity index (χ0v) is 8.79. The second-order valence-electron chi connectivity index (χ2n) is 4.27. The minimum absolute atomic E-state index is 0.0493. The highest BCUT2D eigenvalue weighted by molar-refractivity contribution is 5.83. The van der Waals surface area contributed by atoms with Crippen LogP contribution in [0.15, 0.2) is 12.7 Å². The SMILES string of the molecule is C=CCN1CC(C)(C)NC(CO)C1=O. The summed E-state index contributed by atoms with van der Waals surface area (Å²) in [6.07, 6.45) is 1.70. The van der Waals surface area contributed by atoms with Crippen LogP contribution in [-0.2, 0) is 4.79 Å². The van der Waals surface area contributed by atoms with E-state index in [-0.39, 0.29) is 18.1 Å². The van der Waals surface area contributed by atoms with Crippen molar-refractivity contribution in [1.82, 2.24) is 10.2 Å². The molecule has 0 spiro atoms.